The van der Waals surface area contributed by atoms with Gasteiger partial charge in [-0.3, -0.25) is 0 Å². The van der Waals surface area contributed by atoms with Crippen LogP contribution in [0.1, 0.15) is 6.42 Å². The molecule has 1 atom stereocenters. The summed E-state index contributed by atoms with van der Waals surface area (Å²) in [6.07, 6.45) is 4.10. The molecular weight excluding hydrogens is 415 g/mol. The molecule has 0 saturated carbocycles. The summed E-state index contributed by atoms with van der Waals surface area (Å²) in [5.41, 5.74) is 0. The number of fused-ring (bicyclic) bond motifs is 1. The molecular formula is C14H18IN4O2S-. The van der Waals surface area contributed by atoms with Crippen LogP contribution in [-0.4, -0.2) is 45.0 Å². The molecule has 0 aliphatic carbocycles. The maximum atomic E-state index is 13.0. The molecule has 2 aromatic rings. The molecule has 22 heavy (non-hydrogen) atoms. The van der Waals surface area contributed by atoms with Gasteiger partial charge in [-0.2, -0.15) is 0 Å². The number of hydrogen-bond acceptors (Lipinski definition) is 5. The van der Waals surface area contributed by atoms with Gasteiger partial charge >= 0.3 is 141 Å². The van der Waals surface area contributed by atoms with Crippen LogP contribution >= 0.6 is 0 Å². The van der Waals surface area contributed by atoms with Gasteiger partial charge in [-0.05, 0) is 0 Å². The number of hydrazine groups is 1. The third-order valence-corrected chi connectivity index (χ3v) is 10.3. The van der Waals surface area contributed by atoms with E-state index in [1.54, 1.807) is 38.1 Å². The van der Waals surface area contributed by atoms with Gasteiger partial charge in [-0.15, -0.1) is 0 Å². The average molecular weight is 433 g/mol. The van der Waals surface area contributed by atoms with E-state index in [0.717, 1.165) is 21.6 Å². The molecule has 1 fully saturated rings. The van der Waals surface area contributed by atoms with E-state index in [1.165, 1.54) is 0 Å². The van der Waals surface area contributed by atoms with E-state index in [-0.39, 0.29) is 6.04 Å². The van der Waals surface area contributed by atoms with Gasteiger partial charge in [0.2, 0.25) is 0 Å². The molecule has 0 spiro atoms. The molecule has 2 N–H and O–H groups in total. The fourth-order valence-corrected chi connectivity index (χ4v) is 8.56. The number of aromatic nitrogens is 1. The zero-order chi connectivity index (χ0) is 15.7. The first kappa shape index (κ1) is 16.1. The van der Waals surface area contributed by atoms with Crippen molar-refractivity contribution in [1.29, 1.82) is 0 Å². The van der Waals surface area contributed by atoms with Crippen molar-refractivity contribution in [2.75, 3.05) is 18.0 Å². The molecule has 8 heteroatoms. The molecule has 1 aromatic carbocycles. The van der Waals surface area contributed by atoms with Crippen LogP contribution in [0.15, 0.2) is 41.6 Å². The molecule has 0 amide bonds. The number of alkyl halides is 1. The second-order valence-electron chi connectivity index (χ2n) is 5.25. The first-order chi connectivity index (χ1) is 10.5. The Kier molecular flexibility index (Phi) is 4.64. The second-order valence-corrected chi connectivity index (χ2v) is 10.5. The summed E-state index contributed by atoms with van der Waals surface area (Å²) in [5.74, 6) is 5.78. The van der Waals surface area contributed by atoms with Gasteiger partial charge in [0.15, 0.2) is 0 Å². The Morgan fingerprint density at radius 1 is 1.41 bits per heavy atom. The zero-order valence-corrected chi connectivity index (χ0v) is 15.2. The minimum atomic E-state index is -3.44. The molecule has 1 saturated heterocycles. The first-order valence-electron chi connectivity index (χ1n) is 6.92. The Hall–Kier alpha value is -0.810. The quantitative estimate of drug-likeness (QED) is 0.196. The number of nitrogens with zero attached hydrogens (tertiary/aromatic N) is 3. The molecule has 0 radical (unpaired) electrons. The van der Waals surface area contributed by atoms with Gasteiger partial charge in [0.25, 0.3) is 0 Å². The SMILES string of the molecule is CN(N)C1CCN(S(=O)(=O)c2cccc3cnccc23)[I-]C1. The van der Waals surface area contributed by atoms with E-state index in [2.05, 4.69) is 4.98 Å². The Bertz CT molecular complexity index is 768. The molecule has 1 aromatic heterocycles. The number of hydrogen-bond donors (Lipinski definition) is 1. The van der Waals surface area contributed by atoms with Crippen molar-refractivity contribution in [3.63, 3.8) is 0 Å². The Morgan fingerprint density at radius 3 is 2.91 bits per heavy atom. The normalized spacial score (nSPS) is 21.0. The van der Waals surface area contributed by atoms with Gasteiger partial charge in [0.05, 0.1) is 0 Å². The van der Waals surface area contributed by atoms with Gasteiger partial charge in [0.1, 0.15) is 0 Å². The molecule has 1 aliphatic rings. The van der Waals surface area contributed by atoms with Crippen molar-refractivity contribution in [1.82, 2.24) is 12.5 Å². The van der Waals surface area contributed by atoms with E-state index in [9.17, 15) is 8.42 Å². The van der Waals surface area contributed by atoms with Crippen molar-refractivity contribution in [3.05, 3.63) is 36.7 Å². The molecule has 0 bridgehead atoms. The summed E-state index contributed by atoms with van der Waals surface area (Å²) in [6, 6.07) is 7.39. The third kappa shape index (κ3) is 2.98. The minimum absolute atomic E-state index is 0.288. The summed E-state index contributed by atoms with van der Waals surface area (Å²) in [6.45, 7) is 0.545. The van der Waals surface area contributed by atoms with E-state index in [0.29, 0.717) is 11.4 Å². The Morgan fingerprint density at radius 2 is 2.23 bits per heavy atom. The van der Waals surface area contributed by atoms with Crippen LogP contribution in [0.3, 0.4) is 0 Å². The fraction of sp³-hybridized carbons (Fsp3) is 0.357. The van der Waals surface area contributed by atoms with Crippen LogP contribution < -0.4 is 27.3 Å². The summed E-state index contributed by atoms with van der Waals surface area (Å²) in [4.78, 5) is 4.44. The van der Waals surface area contributed by atoms with E-state index in [1.807, 2.05) is 13.1 Å². The summed E-state index contributed by atoms with van der Waals surface area (Å²) < 4.78 is 28.5. The Balaban J connectivity index is 1.93. The van der Waals surface area contributed by atoms with Gasteiger partial charge < -0.3 is 0 Å². The predicted molar refractivity (Wildman–Crippen MR) is 80.9 cm³/mol. The number of nitrogens with two attached hydrogens (primary N) is 1. The van der Waals surface area contributed by atoms with Crippen LogP contribution in [0.4, 0.5) is 0 Å². The van der Waals surface area contributed by atoms with E-state index >= 15 is 0 Å². The number of sulfonamides is 1. The number of benzene rings is 1. The molecule has 120 valence electrons. The first-order valence-corrected chi connectivity index (χ1v) is 10.9. The number of rotatable bonds is 3. The molecule has 3 rings (SSSR count). The van der Waals surface area contributed by atoms with Crippen LogP contribution in [-0.2, 0) is 10.0 Å². The van der Waals surface area contributed by atoms with E-state index < -0.39 is 31.5 Å². The molecule has 1 unspecified atom stereocenters. The van der Waals surface area contributed by atoms with Crippen molar-refractivity contribution >= 4 is 20.8 Å². The van der Waals surface area contributed by atoms with Crippen molar-refractivity contribution in [2.45, 2.75) is 17.4 Å². The average Bonchev–Trinajstić information content (AvgIpc) is 2.54. The van der Waals surface area contributed by atoms with Crippen molar-refractivity contribution in [2.24, 2.45) is 5.84 Å². The van der Waals surface area contributed by atoms with Crippen LogP contribution in [0.5, 0.6) is 0 Å². The van der Waals surface area contributed by atoms with Gasteiger partial charge in [-0.25, -0.2) is 0 Å². The summed E-state index contributed by atoms with van der Waals surface area (Å²) >= 11 is -0.589. The fourth-order valence-electron chi connectivity index (χ4n) is 2.47. The summed E-state index contributed by atoms with van der Waals surface area (Å²) in [5, 5.41) is 3.28. The van der Waals surface area contributed by atoms with Crippen molar-refractivity contribution < 1.29 is 29.9 Å². The monoisotopic (exact) mass is 433 g/mol. The third-order valence-electron chi connectivity index (χ3n) is 3.77. The molecule has 1 aliphatic heterocycles. The molecule has 2 heterocycles. The zero-order valence-electron chi connectivity index (χ0n) is 12.2. The topological polar surface area (TPSA) is 79.5 Å². The Labute approximate surface area is 140 Å². The standard InChI is InChI=1S/C14H18IN4O2S/c1-18(16)12-6-8-19(15-9-12)22(20,21)14-4-2-3-11-10-17-7-5-13(11)14/h2-5,7,10,12H,6,8-9,16H2,1H3/q-1. The van der Waals surface area contributed by atoms with Crippen LogP contribution in [0, 0.1) is 0 Å². The van der Waals surface area contributed by atoms with Crippen LogP contribution in [0.2, 0.25) is 0 Å². The predicted octanol–water partition coefficient (Wildman–Crippen LogP) is -2.19. The summed E-state index contributed by atoms with van der Waals surface area (Å²) in [7, 11) is -1.60. The van der Waals surface area contributed by atoms with Crippen molar-refractivity contribution in [3.8, 4) is 0 Å². The van der Waals surface area contributed by atoms with E-state index in [4.69, 9.17) is 5.84 Å². The number of pyridine rings is 1. The van der Waals surface area contributed by atoms with Gasteiger partial charge in [0, 0.05) is 0 Å². The maximum absolute atomic E-state index is 13.0. The van der Waals surface area contributed by atoms with Crippen LogP contribution in [0.25, 0.3) is 10.8 Å². The van der Waals surface area contributed by atoms with Gasteiger partial charge in [-0.1, -0.05) is 0 Å². The number of halogens is 1. The molecule has 6 nitrogen and oxygen atoms in total. The second kappa shape index (κ2) is 6.36.